The molecular formula is C13H25N3O. The van der Waals surface area contributed by atoms with E-state index in [1.165, 1.54) is 12.8 Å². The third kappa shape index (κ3) is 3.42. The van der Waals surface area contributed by atoms with Gasteiger partial charge in [0.2, 0.25) is 5.91 Å². The lowest BCUT2D eigenvalue weighted by Crippen LogP contribution is -2.46. The van der Waals surface area contributed by atoms with E-state index in [0.717, 1.165) is 32.6 Å². The average Bonchev–Trinajstić information content (AvgIpc) is 2.77. The number of piperidine rings is 1. The molecule has 2 N–H and O–H groups in total. The highest BCUT2D eigenvalue weighted by Crippen LogP contribution is 2.17. The van der Waals surface area contributed by atoms with Crippen molar-refractivity contribution in [1.82, 2.24) is 15.5 Å². The maximum Gasteiger partial charge on any atom is 0.224 e. The van der Waals surface area contributed by atoms with Gasteiger partial charge in [0.25, 0.3) is 0 Å². The van der Waals surface area contributed by atoms with Gasteiger partial charge in [-0.25, -0.2) is 0 Å². The van der Waals surface area contributed by atoms with Gasteiger partial charge in [-0.15, -0.1) is 0 Å². The highest BCUT2D eigenvalue weighted by molar-refractivity contribution is 5.79. The van der Waals surface area contributed by atoms with Gasteiger partial charge in [0.15, 0.2) is 0 Å². The summed E-state index contributed by atoms with van der Waals surface area (Å²) in [7, 11) is 2.09. The van der Waals surface area contributed by atoms with Gasteiger partial charge in [-0.05, 0) is 58.8 Å². The van der Waals surface area contributed by atoms with E-state index in [4.69, 9.17) is 0 Å². The molecule has 17 heavy (non-hydrogen) atoms. The van der Waals surface area contributed by atoms with E-state index < -0.39 is 0 Å². The van der Waals surface area contributed by atoms with Gasteiger partial charge < -0.3 is 15.5 Å². The second-order valence-corrected chi connectivity index (χ2v) is 5.65. The van der Waals surface area contributed by atoms with Crippen LogP contribution < -0.4 is 10.6 Å². The minimum atomic E-state index is 0.207. The number of amides is 1. The summed E-state index contributed by atoms with van der Waals surface area (Å²) in [6.45, 7) is 6.30. The molecule has 1 amide bonds. The molecule has 2 heterocycles. The second-order valence-electron chi connectivity index (χ2n) is 5.65. The van der Waals surface area contributed by atoms with Crippen LogP contribution >= 0.6 is 0 Å². The zero-order valence-corrected chi connectivity index (χ0v) is 11.0. The molecule has 0 spiro atoms. The summed E-state index contributed by atoms with van der Waals surface area (Å²) in [5, 5.41) is 6.61. The Morgan fingerprint density at radius 2 is 2.29 bits per heavy atom. The van der Waals surface area contributed by atoms with Gasteiger partial charge in [-0.2, -0.15) is 0 Å². The summed E-state index contributed by atoms with van der Waals surface area (Å²) in [5.74, 6) is 1.07. The fourth-order valence-corrected chi connectivity index (χ4v) is 2.91. The Hall–Kier alpha value is -0.610. The predicted molar refractivity (Wildman–Crippen MR) is 68.8 cm³/mol. The number of likely N-dealkylation sites (tertiary alicyclic amines) is 1. The molecule has 0 aromatic carbocycles. The van der Waals surface area contributed by atoms with E-state index in [1.807, 2.05) is 0 Å². The molecule has 2 aliphatic heterocycles. The van der Waals surface area contributed by atoms with Crippen LogP contribution in [0.15, 0.2) is 0 Å². The van der Waals surface area contributed by atoms with Crippen molar-refractivity contribution in [3.63, 3.8) is 0 Å². The van der Waals surface area contributed by atoms with Crippen LogP contribution in [0.1, 0.15) is 26.2 Å². The summed E-state index contributed by atoms with van der Waals surface area (Å²) in [6, 6.07) is 0.307. The lowest BCUT2D eigenvalue weighted by Gasteiger charge is -2.29. The minimum Gasteiger partial charge on any atom is -0.353 e. The Balaban J connectivity index is 1.77. The predicted octanol–water partition coefficient (Wildman–Crippen LogP) is 0.442. The van der Waals surface area contributed by atoms with E-state index in [2.05, 4.69) is 29.5 Å². The standard InChI is InChI=1S/C13H25N3O/c1-10(11-4-3-6-14-8-11)15-13(17)12-5-7-16(2)9-12/h10-12,14H,3-9H2,1-2H3,(H,15,17). The third-order valence-electron chi connectivity index (χ3n) is 4.17. The summed E-state index contributed by atoms with van der Waals surface area (Å²) >= 11 is 0. The Morgan fingerprint density at radius 1 is 1.47 bits per heavy atom. The van der Waals surface area contributed by atoms with Crippen molar-refractivity contribution in [3.8, 4) is 0 Å². The number of hydrogen-bond acceptors (Lipinski definition) is 3. The van der Waals surface area contributed by atoms with E-state index in [-0.39, 0.29) is 11.8 Å². The molecule has 2 saturated heterocycles. The van der Waals surface area contributed by atoms with Crippen molar-refractivity contribution >= 4 is 5.91 Å². The van der Waals surface area contributed by atoms with Crippen LogP contribution in [0.5, 0.6) is 0 Å². The highest BCUT2D eigenvalue weighted by atomic mass is 16.2. The van der Waals surface area contributed by atoms with Crippen molar-refractivity contribution < 1.29 is 4.79 Å². The van der Waals surface area contributed by atoms with Gasteiger partial charge >= 0.3 is 0 Å². The largest absolute Gasteiger partial charge is 0.353 e. The SMILES string of the molecule is CC(NC(=O)C1CCN(C)C1)C1CCCNC1. The molecule has 4 nitrogen and oxygen atoms in total. The molecule has 3 unspecified atom stereocenters. The summed E-state index contributed by atoms with van der Waals surface area (Å²) in [6.07, 6.45) is 3.48. The van der Waals surface area contributed by atoms with Crippen molar-refractivity contribution in [1.29, 1.82) is 0 Å². The van der Waals surface area contributed by atoms with Crippen LogP contribution in [0, 0.1) is 11.8 Å². The van der Waals surface area contributed by atoms with E-state index in [0.29, 0.717) is 12.0 Å². The molecule has 0 aromatic rings. The van der Waals surface area contributed by atoms with E-state index >= 15 is 0 Å². The molecule has 98 valence electrons. The van der Waals surface area contributed by atoms with Crippen LogP contribution in [-0.2, 0) is 4.79 Å². The maximum atomic E-state index is 12.1. The third-order valence-corrected chi connectivity index (χ3v) is 4.17. The van der Waals surface area contributed by atoms with Crippen molar-refractivity contribution in [2.45, 2.75) is 32.2 Å². The van der Waals surface area contributed by atoms with Crippen LogP contribution in [0.2, 0.25) is 0 Å². The first-order chi connectivity index (χ1) is 8.16. The minimum absolute atomic E-state index is 0.207. The molecule has 0 aliphatic carbocycles. The zero-order chi connectivity index (χ0) is 12.3. The van der Waals surface area contributed by atoms with Gasteiger partial charge in [-0.1, -0.05) is 0 Å². The first-order valence-electron chi connectivity index (χ1n) is 6.86. The quantitative estimate of drug-likeness (QED) is 0.751. The van der Waals surface area contributed by atoms with Gasteiger partial charge in [0, 0.05) is 12.6 Å². The number of nitrogens with one attached hydrogen (secondary N) is 2. The second kappa shape index (κ2) is 5.83. The van der Waals surface area contributed by atoms with Crippen LogP contribution in [-0.4, -0.2) is 50.1 Å². The molecule has 0 bridgehead atoms. The van der Waals surface area contributed by atoms with Crippen LogP contribution in [0.3, 0.4) is 0 Å². The maximum absolute atomic E-state index is 12.1. The van der Waals surface area contributed by atoms with E-state index in [9.17, 15) is 4.79 Å². The molecule has 4 heteroatoms. The van der Waals surface area contributed by atoms with Gasteiger partial charge in [0.05, 0.1) is 5.92 Å². The number of carbonyl (C=O) groups excluding carboxylic acids is 1. The van der Waals surface area contributed by atoms with E-state index in [1.54, 1.807) is 0 Å². The van der Waals surface area contributed by atoms with Crippen molar-refractivity contribution in [2.75, 3.05) is 33.2 Å². The lowest BCUT2D eigenvalue weighted by atomic mass is 9.92. The molecular weight excluding hydrogens is 214 g/mol. The van der Waals surface area contributed by atoms with Crippen molar-refractivity contribution in [2.24, 2.45) is 11.8 Å². The Kier molecular flexibility index (Phi) is 4.40. The lowest BCUT2D eigenvalue weighted by molar-refractivity contribution is -0.125. The number of rotatable bonds is 3. The Morgan fingerprint density at radius 3 is 2.88 bits per heavy atom. The molecule has 0 radical (unpaired) electrons. The molecule has 2 fully saturated rings. The number of nitrogens with zero attached hydrogens (tertiary/aromatic N) is 1. The monoisotopic (exact) mass is 239 g/mol. The summed E-state index contributed by atoms with van der Waals surface area (Å²) in [5.41, 5.74) is 0. The Bertz CT molecular complexity index is 263. The summed E-state index contributed by atoms with van der Waals surface area (Å²) < 4.78 is 0. The first kappa shape index (κ1) is 12.8. The average molecular weight is 239 g/mol. The fourth-order valence-electron chi connectivity index (χ4n) is 2.91. The molecule has 2 rings (SSSR count). The van der Waals surface area contributed by atoms with Gasteiger partial charge in [0.1, 0.15) is 0 Å². The normalized spacial score (nSPS) is 32.4. The molecule has 3 atom stereocenters. The van der Waals surface area contributed by atoms with Crippen molar-refractivity contribution in [3.05, 3.63) is 0 Å². The smallest absolute Gasteiger partial charge is 0.224 e. The molecule has 0 aromatic heterocycles. The van der Waals surface area contributed by atoms with Gasteiger partial charge in [-0.3, -0.25) is 4.79 Å². The Labute approximate surface area is 104 Å². The van der Waals surface area contributed by atoms with Crippen LogP contribution in [0.4, 0.5) is 0 Å². The number of carbonyl (C=O) groups is 1. The number of hydrogen-bond donors (Lipinski definition) is 2. The highest BCUT2D eigenvalue weighted by Gasteiger charge is 2.28. The van der Waals surface area contributed by atoms with Crippen LogP contribution in [0.25, 0.3) is 0 Å². The fraction of sp³-hybridized carbons (Fsp3) is 0.923. The molecule has 0 saturated carbocycles. The molecule has 2 aliphatic rings. The first-order valence-corrected chi connectivity index (χ1v) is 6.86. The summed E-state index contributed by atoms with van der Waals surface area (Å²) in [4.78, 5) is 14.3. The zero-order valence-electron chi connectivity index (χ0n) is 11.0. The topological polar surface area (TPSA) is 44.4 Å².